The van der Waals surface area contributed by atoms with E-state index in [1.54, 1.807) is 31.5 Å². The number of aromatic nitrogens is 3. The van der Waals surface area contributed by atoms with E-state index < -0.39 is 10.0 Å². The SMILES string of the molecule is CCCn1cc(S(=O)(=O)Nc2ccc(I)cn2)nc1C. The van der Waals surface area contributed by atoms with Crippen LogP contribution in [0, 0.1) is 10.5 Å². The van der Waals surface area contributed by atoms with Gasteiger partial charge in [-0.05, 0) is 48.1 Å². The van der Waals surface area contributed by atoms with Crippen molar-refractivity contribution in [1.82, 2.24) is 14.5 Å². The summed E-state index contributed by atoms with van der Waals surface area (Å²) in [6.45, 7) is 4.56. The van der Waals surface area contributed by atoms with Gasteiger partial charge in [-0.1, -0.05) is 6.92 Å². The molecule has 108 valence electrons. The van der Waals surface area contributed by atoms with Crippen molar-refractivity contribution in [3.8, 4) is 0 Å². The van der Waals surface area contributed by atoms with E-state index in [0.29, 0.717) is 5.82 Å². The topological polar surface area (TPSA) is 76.9 Å². The van der Waals surface area contributed by atoms with Crippen LogP contribution in [0.2, 0.25) is 0 Å². The molecule has 0 fully saturated rings. The maximum Gasteiger partial charge on any atom is 0.282 e. The third kappa shape index (κ3) is 3.48. The molecule has 0 aliphatic rings. The van der Waals surface area contributed by atoms with Crippen molar-refractivity contribution in [2.24, 2.45) is 0 Å². The van der Waals surface area contributed by atoms with Crippen LogP contribution in [0.25, 0.3) is 0 Å². The van der Waals surface area contributed by atoms with Crippen molar-refractivity contribution in [2.45, 2.75) is 31.8 Å². The molecular weight excluding hydrogens is 391 g/mol. The van der Waals surface area contributed by atoms with E-state index in [1.165, 1.54) is 0 Å². The van der Waals surface area contributed by atoms with Gasteiger partial charge < -0.3 is 4.57 Å². The molecule has 2 aromatic heterocycles. The number of sulfonamides is 1. The summed E-state index contributed by atoms with van der Waals surface area (Å²) in [5, 5.41) is 0.0174. The molecule has 8 heteroatoms. The molecule has 0 radical (unpaired) electrons. The highest BCUT2D eigenvalue weighted by Gasteiger charge is 2.19. The number of pyridine rings is 1. The average Bonchev–Trinajstić information content (AvgIpc) is 2.75. The van der Waals surface area contributed by atoms with Crippen LogP contribution in [0.5, 0.6) is 0 Å². The molecular formula is C12H15IN4O2S. The zero-order valence-corrected chi connectivity index (χ0v) is 14.1. The van der Waals surface area contributed by atoms with Crippen molar-refractivity contribution < 1.29 is 8.42 Å². The van der Waals surface area contributed by atoms with E-state index >= 15 is 0 Å². The first-order chi connectivity index (χ1) is 9.42. The Labute approximate surface area is 131 Å². The summed E-state index contributed by atoms with van der Waals surface area (Å²) in [5.74, 6) is 0.968. The lowest BCUT2D eigenvalue weighted by Crippen LogP contribution is -2.14. The van der Waals surface area contributed by atoms with Gasteiger partial charge in [-0.25, -0.2) is 9.97 Å². The zero-order valence-electron chi connectivity index (χ0n) is 11.2. The number of hydrogen-bond acceptors (Lipinski definition) is 4. The zero-order chi connectivity index (χ0) is 14.8. The molecule has 1 N–H and O–H groups in total. The van der Waals surface area contributed by atoms with Crippen molar-refractivity contribution in [2.75, 3.05) is 4.72 Å². The third-order valence-electron chi connectivity index (χ3n) is 2.66. The summed E-state index contributed by atoms with van der Waals surface area (Å²) in [6, 6.07) is 3.40. The van der Waals surface area contributed by atoms with E-state index in [4.69, 9.17) is 0 Å². The van der Waals surface area contributed by atoms with Crippen LogP contribution < -0.4 is 4.72 Å². The molecule has 0 aliphatic heterocycles. The van der Waals surface area contributed by atoms with Crippen molar-refractivity contribution in [3.63, 3.8) is 0 Å². The Bertz CT molecular complexity index is 695. The largest absolute Gasteiger partial charge is 0.334 e. The van der Waals surface area contributed by atoms with Gasteiger partial charge in [0.05, 0.1) is 0 Å². The van der Waals surface area contributed by atoms with Gasteiger partial charge in [-0.3, -0.25) is 4.72 Å². The molecule has 0 spiro atoms. The Morgan fingerprint density at radius 3 is 2.75 bits per heavy atom. The summed E-state index contributed by atoms with van der Waals surface area (Å²) < 4.78 is 29.6. The summed E-state index contributed by atoms with van der Waals surface area (Å²) in [5.41, 5.74) is 0. The lowest BCUT2D eigenvalue weighted by molar-refractivity contribution is 0.597. The molecule has 2 heterocycles. The molecule has 0 unspecified atom stereocenters. The average molecular weight is 406 g/mol. The monoisotopic (exact) mass is 406 g/mol. The van der Waals surface area contributed by atoms with Gasteiger partial charge in [0.1, 0.15) is 11.6 Å². The maximum absolute atomic E-state index is 12.2. The second kappa shape index (κ2) is 6.08. The molecule has 0 bridgehead atoms. The van der Waals surface area contributed by atoms with Crippen LogP contribution in [0.1, 0.15) is 19.2 Å². The molecule has 0 amide bonds. The van der Waals surface area contributed by atoms with E-state index in [1.807, 2.05) is 11.5 Å². The van der Waals surface area contributed by atoms with E-state index in [9.17, 15) is 8.42 Å². The van der Waals surface area contributed by atoms with Crippen LogP contribution in [0.15, 0.2) is 29.6 Å². The summed E-state index contributed by atoms with van der Waals surface area (Å²) in [4.78, 5) is 8.12. The quantitative estimate of drug-likeness (QED) is 0.774. The Morgan fingerprint density at radius 1 is 1.40 bits per heavy atom. The summed E-state index contributed by atoms with van der Waals surface area (Å²) in [7, 11) is -3.69. The lowest BCUT2D eigenvalue weighted by atomic mass is 10.5. The fourth-order valence-electron chi connectivity index (χ4n) is 1.70. The highest BCUT2D eigenvalue weighted by molar-refractivity contribution is 14.1. The maximum atomic E-state index is 12.2. The van der Waals surface area contributed by atoms with Gasteiger partial charge >= 0.3 is 0 Å². The van der Waals surface area contributed by atoms with Crippen LogP contribution in [0.4, 0.5) is 5.82 Å². The second-order valence-corrected chi connectivity index (χ2v) is 7.16. The van der Waals surface area contributed by atoms with E-state index in [0.717, 1.165) is 16.5 Å². The number of hydrogen-bond donors (Lipinski definition) is 1. The standard InChI is InChI=1S/C12H15IN4O2S/c1-3-6-17-8-12(15-9(17)2)20(18,19)16-11-5-4-10(13)7-14-11/h4-5,7-8H,3,6H2,1-2H3,(H,14,16). The second-order valence-electron chi connectivity index (χ2n) is 4.29. The highest BCUT2D eigenvalue weighted by Crippen LogP contribution is 2.15. The summed E-state index contributed by atoms with van der Waals surface area (Å²) in [6.07, 6.45) is 4.07. The van der Waals surface area contributed by atoms with Crippen molar-refractivity contribution in [1.29, 1.82) is 0 Å². The van der Waals surface area contributed by atoms with E-state index in [2.05, 4.69) is 37.3 Å². The van der Waals surface area contributed by atoms with Gasteiger partial charge in [0, 0.05) is 22.5 Å². The Morgan fingerprint density at radius 2 is 2.15 bits per heavy atom. The third-order valence-corrected chi connectivity index (χ3v) is 4.52. The minimum atomic E-state index is -3.69. The van der Waals surface area contributed by atoms with Crippen molar-refractivity contribution >= 4 is 38.4 Å². The number of nitrogens with one attached hydrogen (secondary N) is 1. The van der Waals surface area contributed by atoms with Crippen LogP contribution in [-0.4, -0.2) is 23.0 Å². The summed E-state index contributed by atoms with van der Waals surface area (Å²) >= 11 is 2.11. The number of rotatable bonds is 5. The molecule has 0 saturated carbocycles. The molecule has 2 aromatic rings. The number of imidazole rings is 1. The van der Waals surface area contributed by atoms with Gasteiger partial charge in [0.15, 0.2) is 5.03 Å². The molecule has 0 aliphatic carbocycles. The predicted molar refractivity (Wildman–Crippen MR) is 85.0 cm³/mol. The fourth-order valence-corrected chi connectivity index (χ4v) is 3.04. The molecule has 0 saturated heterocycles. The lowest BCUT2D eigenvalue weighted by Gasteiger charge is -2.04. The smallest absolute Gasteiger partial charge is 0.282 e. The van der Waals surface area contributed by atoms with Gasteiger partial charge in [0.2, 0.25) is 0 Å². The first-order valence-corrected chi connectivity index (χ1v) is 8.66. The predicted octanol–water partition coefficient (Wildman–Crippen LogP) is 2.40. The minimum absolute atomic E-state index is 0.0174. The minimum Gasteiger partial charge on any atom is -0.334 e. The van der Waals surface area contributed by atoms with Crippen LogP contribution in [0.3, 0.4) is 0 Å². The molecule has 6 nitrogen and oxygen atoms in total. The molecule has 0 atom stereocenters. The number of aryl methyl sites for hydroxylation is 2. The first-order valence-electron chi connectivity index (χ1n) is 6.10. The van der Waals surface area contributed by atoms with Gasteiger partial charge in [-0.2, -0.15) is 8.42 Å². The van der Waals surface area contributed by atoms with Crippen molar-refractivity contribution in [3.05, 3.63) is 33.9 Å². The Balaban J connectivity index is 2.26. The van der Waals surface area contributed by atoms with Crippen LogP contribution in [-0.2, 0) is 16.6 Å². The molecule has 20 heavy (non-hydrogen) atoms. The Kier molecular flexibility index (Phi) is 4.63. The van der Waals surface area contributed by atoms with Crippen LogP contribution >= 0.6 is 22.6 Å². The molecule has 0 aromatic carbocycles. The normalized spacial score (nSPS) is 11.6. The Hall–Kier alpha value is -1.16. The molecule has 2 rings (SSSR count). The number of nitrogens with zero attached hydrogens (tertiary/aromatic N) is 3. The first kappa shape index (κ1) is 15.2. The number of halogens is 1. The van der Waals surface area contributed by atoms with Gasteiger partial charge in [-0.15, -0.1) is 0 Å². The fraction of sp³-hybridized carbons (Fsp3) is 0.333. The number of anilines is 1. The van der Waals surface area contributed by atoms with E-state index in [-0.39, 0.29) is 10.8 Å². The van der Waals surface area contributed by atoms with Gasteiger partial charge in [0.25, 0.3) is 10.0 Å². The highest BCUT2D eigenvalue weighted by atomic mass is 127.